The minimum absolute atomic E-state index is 0.136. The lowest BCUT2D eigenvalue weighted by Gasteiger charge is -2.34. The van der Waals surface area contributed by atoms with Crippen LogP contribution in [0.25, 0.3) is 10.2 Å². The van der Waals surface area contributed by atoms with E-state index < -0.39 is 0 Å². The SMILES string of the molecule is O=C(CCc1nc(Cl)n[nH]1)N1CCN(c2nc3ccccc3s2)CC1. The summed E-state index contributed by atoms with van der Waals surface area (Å²) in [6.07, 6.45) is 0.934. The number of para-hydroxylation sites is 1. The van der Waals surface area contributed by atoms with Crippen LogP contribution in [0.15, 0.2) is 24.3 Å². The van der Waals surface area contributed by atoms with Crippen LogP contribution in [0.4, 0.5) is 5.13 Å². The van der Waals surface area contributed by atoms with Crippen molar-refractivity contribution >= 4 is 44.2 Å². The van der Waals surface area contributed by atoms with Gasteiger partial charge in [-0.3, -0.25) is 9.89 Å². The second-order valence-corrected chi connectivity index (χ2v) is 7.23. The second-order valence-electron chi connectivity index (χ2n) is 5.88. The van der Waals surface area contributed by atoms with Crippen LogP contribution in [0, 0.1) is 0 Å². The number of hydrogen-bond acceptors (Lipinski definition) is 6. The summed E-state index contributed by atoms with van der Waals surface area (Å²) < 4.78 is 1.20. The van der Waals surface area contributed by atoms with Gasteiger partial charge in [0.2, 0.25) is 11.2 Å². The number of carbonyl (C=O) groups is 1. The fraction of sp³-hybridized carbons (Fsp3) is 0.375. The summed E-state index contributed by atoms with van der Waals surface area (Å²) in [4.78, 5) is 25.2. The number of amides is 1. The van der Waals surface area contributed by atoms with Crippen molar-refractivity contribution in [3.63, 3.8) is 0 Å². The van der Waals surface area contributed by atoms with E-state index in [1.54, 1.807) is 11.3 Å². The molecule has 1 aliphatic rings. The maximum atomic E-state index is 12.4. The highest BCUT2D eigenvalue weighted by Gasteiger charge is 2.23. The summed E-state index contributed by atoms with van der Waals surface area (Å²) in [5.41, 5.74) is 1.03. The summed E-state index contributed by atoms with van der Waals surface area (Å²) in [6.45, 7) is 3.04. The molecule has 0 atom stereocenters. The van der Waals surface area contributed by atoms with Gasteiger partial charge in [0.25, 0.3) is 0 Å². The highest BCUT2D eigenvalue weighted by molar-refractivity contribution is 7.22. The molecular formula is C16H17ClN6OS. The quantitative estimate of drug-likeness (QED) is 0.756. The molecule has 25 heavy (non-hydrogen) atoms. The molecule has 3 aromatic rings. The molecule has 1 saturated heterocycles. The molecule has 2 aromatic heterocycles. The average molecular weight is 377 g/mol. The maximum absolute atomic E-state index is 12.4. The Morgan fingerprint density at radius 1 is 1.20 bits per heavy atom. The zero-order chi connectivity index (χ0) is 17.2. The molecule has 130 valence electrons. The fourth-order valence-corrected chi connectivity index (χ4v) is 4.07. The molecule has 0 unspecified atom stereocenters. The molecule has 1 aliphatic heterocycles. The third kappa shape index (κ3) is 3.59. The number of H-pyrrole nitrogens is 1. The van der Waals surface area contributed by atoms with Crippen molar-refractivity contribution in [2.75, 3.05) is 31.1 Å². The van der Waals surface area contributed by atoms with Crippen molar-refractivity contribution in [1.82, 2.24) is 25.1 Å². The minimum Gasteiger partial charge on any atom is -0.345 e. The Hall–Kier alpha value is -2.19. The number of piperazine rings is 1. The Bertz CT molecular complexity index is 853. The van der Waals surface area contributed by atoms with Crippen LogP contribution in [0.1, 0.15) is 12.2 Å². The number of hydrogen-bond donors (Lipinski definition) is 1. The first kappa shape index (κ1) is 16.3. The van der Waals surface area contributed by atoms with Crippen LogP contribution < -0.4 is 4.90 Å². The zero-order valence-corrected chi connectivity index (χ0v) is 15.1. The fourth-order valence-electron chi connectivity index (χ4n) is 2.91. The number of nitrogens with one attached hydrogen (secondary N) is 1. The normalized spacial score (nSPS) is 15.1. The smallest absolute Gasteiger partial charge is 0.242 e. The Morgan fingerprint density at radius 3 is 2.72 bits per heavy atom. The molecule has 9 heteroatoms. The number of aromatic nitrogens is 4. The molecule has 0 saturated carbocycles. The monoisotopic (exact) mass is 376 g/mol. The minimum atomic E-state index is 0.136. The number of aryl methyl sites for hydroxylation is 1. The molecule has 7 nitrogen and oxygen atoms in total. The van der Waals surface area contributed by atoms with Gasteiger partial charge in [0.1, 0.15) is 5.82 Å². The molecule has 0 bridgehead atoms. The molecule has 4 rings (SSSR count). The van der Waals surface area contributed by atoms with Gasteiger partial charge in [-0.2, -0.15) is 0 Å². The Labute approximate surface area is 153 Å². The van der Waals surface area contributed by atoms with Gasteiger partial charge in [-0.15, -0.1) is 5.10 Å². The predicted octanol–water partition coefficient (Wildman–Crippen LogP) is 2.35. The molecule has 0 radical (unpaired) electrons. The van der Waals surface area contributed by atoms with Gasteiger partial charge in [-0.1, -0.05) is 23.5 Å². The molecule has 0 aliphatic carbocycles. The standard InChI is InChI=1S/C16H17ClN6OS/c17-15-19-13(20-21-15)5-6-14(24)22-7-9-23(10-8-22)16-18-11-3-1-2-4-12(11)25-16/h1-4H,5-10H2,(H,19,20,21). The second kappa shape index (κ2) is 6.97. The number of benzene rings is 1. The number of nitrogens with zero attached hydrogens (tertiary/aromatic N) is 5. The van der Waals surface area contributed by atoms with Gasteiger partial charge in [0.15, 0.2) is 5.13 Å². The first-order valence-electron chi connectivity index (χ1n) is 8.14. The van der Waals surface area contributed by atoms with E-state index in [-0.39, 0.29) is 11.2 Å². The maximum Gasteiger partial charge on any atom is 0.242 e. The lowest BCUT2D eigenvalue weighted by molar-refractivity contribution is -0.131. The number of anilines is 1. The Morgan fingerprint density at radius 2 is 2.00 bits per heavy atom. The average Bonchev–Trinajstić information content (AvgIpc) is 3.25. The van der Waals surface area contributed by atoms with E-state index in [9.17, 15) is 4.79 Å². The van der Waals surface area contributed by atoms with Gasteiger partial charge in [-0.05, 0) is 23.7 Å². The summed E-state index contributed by atoms with van der Waals surface area (Å²) in [6, 6.07) is 8.16. The van der Waals surface area contributed by atoms with E-state index in [4.69, 9.17) is 16.6 Å². The van der Waals surface area contributed by atoms with Crippen LogP contribution in [0.3, 0.4) is 0 Å². The molecule has 1 aromatic carbocycles. The number of aromatic amines is 1. The first-order valence-corrected chi connectivity index (χ1v) is 9.33. The summed E-state index contributed by atoms with van der Waals surface area (Å²) in [5.74, 6) is 0.780. The number of rotatable bonds is 4. The third-order valence-electron chi connectivity index (χ3n) is 4.27. The summed E-state index contributed by atoms with van der Waals surface area (Å²) >= 11 is 7.37. The largest absolute Gasteiger partial charge is 0.345 e. The van der Waals surface area contributed by atoms with E-state index >= 15 is 0 Å². The third-order valence-corrected chi connectivity index (χ3v) is 5.53. The number of thiazole rings is 1. The van der Waals surface area contributed by atoms with E-state index in [1.807, 2.05) is 23.1 Å². The molecule has 3 heterocycles. The van der Waals surface area contributed by atoms with Gasteiger partial charge < -0.3 is 9.80 Å². The van der Waals surface area contributed by atoms with Crippen molar-refractivity contribution in [1.29, 1.82) is 0 Å². The molecule has 1 fully saturated rings. The number of carbonyl (C=O) groups excluding carboxylic acids is 1. The molecule has 0 spiro atoms. The van der Waals surface area contributed by atoms with Crippen molar-refractivity contribution < 1.29 is 4.79 Å². The molecular weight excluding hydrogens is 360 g/mol. The van der Waals surface area contributed by atoms with Gasteiger partial charge in [0, 0.05) is 39.0 Å². The molecule has 1 N–H and O–H groups in total. The topological polar surface area (TPSA) is 78.0 Å². The molecule has 1 amide bonds. The van der Waals surface area contributed by atoms with Gasteiger partial charge in [0.05, 0.1) is 10.2 Å². The summed E-state index contributed by atoms with van der Waals surface area (Å²) in [7, 11) is 0. The van der Waals surface area contributed by atoms with Crippen molar-refractivity contribution in [3.8, 4) is 0 Å². The van der Waals surface area contributed by atoms with Crippen LogP contribution in [-0.4, -0.2) is 57.2 Å². The van der Waals surface area contributed by atoms with E-state index in [0.29, 0.717) is 31.8 Å². The van der Waals surface area contributed by atoms with Crippen LogP contribution in [0.5, 0.6) is 0 Å². The van der Waals surface area contributed by atoms with E-state index in [2.05, 4.69) is 26.1 Å². The van der Waals surface area contributed by atoms with Crippen LogP contribution >= 0.6 is 22.9 Å². The first-order chi connectivity index (χ1) is 12.2. The Balaban J connectivity index is 1.32. The lowest BCUT2D eigenvalue weighted by atomic mass is 10.2. The van der Waals surface area contributed by atoms with E-state index in [0.717, 1.165) is 23.7 Å². The van der Waals surface area contributed by atoms with Crippen molar-refractivity contribution in [2.45, 2.75) is 12.8 Å². The lowest BCUT2D eigenvalue weighted by Crippen LogP contribution is -2.48. The number of fused-ring (bicyclic) bond motifs is 1. The van der Waals surface area contributed by atoms with E-state index in [1.165, 1.54) is 4.70 Å². The highest BCUT2D eigenvalue weighted by Crippen LogP contribution is 2.29. The van der Waals surface area contributed by atoms with Crippen molar-refractivity contribution in [3.05, 3.63) is 35.4 Å². The highest BCUT2D eigenvalue weighted by atomic mass is 35.5. The van der Waals surface area contributed by atoms with Gasteiger partial charge in [-0.25, -0.2) is 9.97 Å². The van der Waals surface area contributed by atoms with Crippen LogP contribution in [-0.2, 0) is 11.2 Å². The predicted molar refractivity (Wildman–Crippen MR) is 98.1 cm³/mol. The zero-order valence-electron chi connectivity index (χ0n) is 13.5. The number of halogens is 1. The van der Waals surface area contributed by atoms with Gasteiger partial charge >= 0.3 is 0 Å². The van der Waals surface area contributed by atoms with Crippen molar-refractivity contribution in [2.24, 2.45) is 0 Å². The van der Waals surface area contributed by atoms with Crippen LogP contribution in [0.2, 0.25) is 5.28 Å². The summed E-state index contributed by atoms with van der Waals surface area (Å²) in [5, 5.41) is 7.71. The Kier molecular flexibility index (Phi) is 4.54.